The summed E-state index contributed by atoms with van der Waals surface area (Å²) in [5, 5.41) is 0. The van der Waals surface area contributed by atoms with Gasteiger partial charge in [0.25, 0.3) is 0 Å². The Balaban J connectivity index is 3.93. The van der Waals surface area contributed by atoms with E-state index in [0.29, 0.717) is 12.7 Å². The monoisotopic (exact) mass is 100 g/mol. The molecule has 0 amide bonds. The molecule has 0 aliphatic carbocycles. The molecule has 0 aliphatic rings. The van der Waals surface area contributed by atoms with Gasteiger partial charge in [-0.15, -0.1) is 0 Å². The maximum Gasteiger partial charge on any atom is 0.142 e. The van der Waals surface area contributed by atoms with Gasteiger partial charge in [0.05, 0.1) is 2.74 Å². The summed E-state index contributed by atoms with van der Waals surface area (Å²) in [5.41, 5.74) is 0. The van der Waals surface area contributed by atoms with E-state index >= 15 is 0 Å². The van der Waals surface area contributed by atoms with Crippen LogP contribution in [0.2, 0.25) is 0 Å². The minimum Gasteiger partial charge on any atom is -0.299 e. The molecule has 0 heterocycles. The van der Waals surface area contributed by atoms with Crippen LogP contribution in [0.4, 0.5) is 0 Å². The zero-order valence-corrected chi connectivity index (χ0v) is 4.40. The summed E-state index contributed by atoms with van der Waals surface area (Å²) in [6, 6.07) is -0.0654. The number of hydrogen-bond donors (Lipinski definition) is 0. The molecule has 0 aromatic carbocycles. The molecule has 0 atom stereocenters. The maximum absolute atomic E-state index is 9.86. The fraction of sp³-hybridized carbons (Fsp3) is 0.500. The molecule has 0 saturated carbocycles. The molecule has 0 spiro atoms. The average molecular weight is 100 g/mol. The first kappa shape index (κ1) is 3.42. The minimum atomic E-state index is -0.197. The van der Waals surface area contributed by atoms with Gasteiger partial charge in [0.1, 0.15) is 6.29 Å². The molecular formula is C6H10O. The van der Waals surface area contributed by atoms with Crippen molar-refractivity contribution >= 4 is 6.29 Å². The predicted molar refractivity (Wildman–Crippen MR) is 30.1 cm³/mol. The Morgan fingerprint density at radius 1 is 1.86 bits per heavy atom. The van der Waals surface area contributed by atoms with Gasteiger partial charge in [0.2, 0.25) is 0 Å². The van der Waals surface area contributed by atoms with Gasteiger partial charge in [-0.3, -0.25) is 4.79 Å². The summed E-state index contributed by atoms with van der Waals surface area (Å²) >= 11 is 0. The molecular weight excluding hydrogens is 88.1 g/mol. The van der Waals surface area contributed by atoms with Crippen molar-refractivity contribution in [3.63, 3.8) is 0 Å². The Morgan fingerprint density at radius 3 is 3.00 bits per heavy atom. The van der Waals surface area contributed by atoms with Gasteiger partial charge in [-0.1, -0.05) is 19.4 Å². The van der Waals surface area contributed by atoms with Gasteiger partial charge in [0.15, 0.2) is 0 Å². The Morgan fingerprint density at radius 2 is 2.57 bits per heavy atom. The molecule has 0 aliphatic heterocycles. The first-order valence-electron chi connectivity index (χ1n) is 3.34. The molecule has 0 bridgehead atoms. The Labute approximate surface area is 46.8 Å². The van der Waals surface area contributed by atoms with Crippen LogP contribution in [0.3, 0.4) is 0 Å². The third-order valence-corrected chi connectivity index (χ3v) is 0.536. The fourth-order valence-electron chi connectivity index (χ4n) is 0.239. The van der Waals surface area contributed by atoms with Crippen LogP contribution in [-0.2, 0) is 4.79 Å². The maximum atomic E-state index is 9.86. The van der Waals surface area contributed by atoms with Gasteiger partial charge in [0, 0.05) is 0 Å². The highest BCUT2D eigenvalue weighted by molar-refractivity contribution is 5.64. The molecule has 7 heavy (non-hydrogen) atoms. The number of rotatable bonds is 3. The topological polar surface area (TPSA) is 17.1 Å². The van der Waals surface area contributed by atoms with E-state index in [9.17, 15) is 4.79 Å². The number of aldehydes is 1. The van der Waals surface area contributed by atoms with Gasteiger partial charge in [-0.2, -0.15) is 0 Å². The van der Waals surface area contributed by atoms with Crippen molar-refractivity contribution in [2.75, 3.05) is 0 Å². The first-order chi connectivity index (χ1) is 4.22. The highest BCUT2D eigenvalue weighted by Gasteiger charge is 1.67. The molecule has 0 aromatic rings. The fourth-order valence-corrected chi connectivity index (χ4v) is 0.239. The molecule has 1 nitrogen and oxygen atoms in total. The van der Waals surface area contributed by atoms with Crippen LogP contribution in [0.1, 0.15) is 22.5 Å². The van der Waals surface area contributed by atoms with Gasteiger partial charge < -0.3 is 0 Å². The summed E-state index contributed by atoms with van der Waals surface area (Å²) in [4.78, 5) is 9.86. The Kier molecular flexibility index (Phi) is 2.64. The Hall–Kier alpha value is -0.590. The predicted octanol–water partition coefficient (Wildman–Crippen LogP) is 1.54. The van der Waals surface area contributed by atoms with Crippen LogP contribution in [0, 0.1) is 0 Å². The summed E-state index contributed by atoms with van der Waals surface area (Å²) in [6.45, 7) is 1.91. The molecule has 0 saturated heterocycles. The lowest BCUT2D eigenvalue weighted by atomic mass is 10.3. The smallest absolute Gasteiger partial charge is 0.142 e. The molecule has 0 N–H and O–H groups in total. The van der Waals surface area contributed by atoms with E-state index in [1.54, 1.807) is 0 Å². The molecule has 0 rings (SSSR count). The third-order valence-electron chi connectivity index (χ3n) is 0.536. The van der Waals surface area contributed by atoms with Crippen molar-refractivity contribution in [2.24, 2.45) is 0 Å². The third kappa shape index (κ3) is 5.41. The molecule has 0 radical (unpaired) electrons. The first-order valence-corrected chi connectivity index (χ1v) is 2.34. The number of hydrogen-bond acceptors (Lipinski definition) is 1. The number of carbonyl (C=O) groups is 1. The van der Waals surface area contributed by atoms with Crippen molar-refractivity contribution in [3.05, 3.63) is 12.1 Å². The number of allylic oxidation sites excluding steroid dienone is 2. The lowest BCUT2D eigenvalue weighted by Gasteiger charge is -1.76. The zero-order valence-electron chi connectivity index (χ0n) is 6.40. The minimum absolute atomic E-state index is 0.132. The van der Waals surface area contributed by atoms with Crippen LogP contribution in [0.15, 0.2) is 12.1 Å². The van der Waals surface area contributed by atoms with Crippen LogP contribution in [0.5, 0.6) is 0 Å². The second kappa shape index (κ2) is 5.41. The van der Waals surface area contributed by atoms with E-state index in [2.05, 4.69) is 0 Å². The normalized spacial score (nSPS) is 16.7. The van der Waals surface area contributed by atoms with Crippen LogP contribution < -0.4 is 0 Å². The lowest BCUT2D eigenvalue weighted by molar-refractivity contribution is -0.104. The standard InChI is InChI=1S/C6H10O/c1-2-3-4-5-6-7/h4-6H,2-3H2,1H3/b5-4+/i4D,5D. The lowest BCUT2D eigenvalue weighted by Crippen LogP contribution is -1.61. The summed E-state index contributed by atoms with van der Waals surface area (Å²) in [7, 11) is 0. The highest BCUT2D eigenvalue weighted by Crippen LogP contribution is 1.85. The van der Waals surface area contributed by atoms with E-state index in [-0.39, 0.29) is 12.1 Å². The van der Waals surface area contributed by atoms with Gasteiger partial charge in [-0.05, 0) is 12.5 Å². The summed E-state index contributed by atoms with van der Waals surface area (Å²) < 4.78 is 13.9. The van der Waals surface area contributed by atoms with E-state index in [4.69, 9.17) is 2.74 Å². The van der Waals surface area contributed by atoms with Crippen molar-refractivity contribution in [2.45, 2.75) is 19.8 Å². The van der Waals surface area contributed by atoms with Gasteiger partial charge >= 0.3 is 0 Å². The average Bonchev–Trinajstić information content (AvgIpc) is 1.87. The SMILES string of the molecule is [2H]/C(C=O)=C(/[2H])CCC. The summed E-state index contributed by atoms with van der Waals surface area (Å²) in [5.74, 6) is 0. The van der Waals surface area contributed by atoms with Crippen molar-refractivity contribution in [1.29, 1.82) is 0 Å². The zero-order chi connectivity index (χ0) is 7.28. The molecule has 0 aromatic heterocycles. The summed E-state index contributed by atoms with van der Waals surface area (Å²) in [6.07, 6.45) is 1.74. The molecule has 1 heteroatoms. The molecule has 0 unspecified atom stereocenters. The van der Waals surface area contributed by atoms with Crippen molar-refractivity contribution < 1.29 is 7.54 Å². The van der Waals surface area contributed by atoms with E-state index in [0.717, 1.165) is 6.42 Å². The molecule has 40 valence electrons. The van der Waals surface area contributed by atoms with Crippen LogP contribution >= 0.6 is 0 Å². The van der Waals surface area contributed by atoms with E-state index in [1.807, 2.05) is 6.92 Å². The van der Waals surface area contributed by atoms with Crippen LogP contribution in [-0.4, -0.2) is 6.29 Å². The van der Waals surface area contributed by atoms with Crippen LogP contribution in [0.25, 0.3) is 0 Å². The highest BCUT2D eigenvalue weighted by atomic mass is 16.1. The van der Waals surface area contributed by atoms with E-state index in [1.165, 1.54) is 0 Å². The molecule has 0 fully saturated rings. The van der Waals surface area contributed by atoms with Crippen molar-refractivity contribution in [1.82, 2.24) is 0 Å². The quantitative estimate of drug-likeness (QED) is 0.388. The second-order valence-corrected chi connectivity index (χ2v) is 1.19. The number of carbonyl (C=O) groups excluding carboxylic acids is 1. The van der Waals surface area contributed by atoms with Gasteiger partial charge in [-0.25, -0.2) is 0 Å². The Bertz CT molecular complexity index is 129. The van der Waals surface area contributed by atoms with E-state index < -0.39 is 0 Å². The largest absolute Gasteiger partial charge is 0.299 e. The van der Waals surface area contributed by atoms with Crippen molar-refractivity contribution in [3.8, 4) is 0 Å². The second-order valence-electron chi connectivity index (χ2n) is 1.19.